The molecular weight excluding hydrogens is 330 g/mol. The van der Waals surface area contributed by atoms with Crippen LogP contribution < -0.4 is 25.4 Å². The third kappa shape index (κ3) is 3.39. The average Bonchev–Trinajstić information content (AvgIpc) is 2.65. The van der Waals surface area contributed by atoms with Crippen molar-refractivity contribution < 1.29 is 9.47 Å². The number of ether oxygens (including phenoxy) is 2. The highest BCUT2D eigenvalue weighted by atomic mass is 16.6. The van der Waals surface area contributed by atoms with Crippen LogP contribution in [0.1, 0.15) is 16.7 Å². The van der Waals surface area contributed by atoms with Crippen molar-refractivity contribution >= 4 is 11.8 Å². The summed E-state index contributed by atoms with van der Waals surface area (Å²) in [5, 5.41) is 3.32. The molecule has 2 aliphatic rings. The summed E-state index contributed by atoms with van der Waals surface area (Å²) in [5.41, 5.74) is 9.48. The summed E-state index contributed by atoms with van der Waals surface area (Å²) < 4.78 is 12.0. The summed E-state index contributed by atoms with van der Waals surface area (Å²) in [7, 11) is 0. The lowest BCUT2D eigenvalue weighted by Gasteiger charge is -2.29. The highest BCUT2D eigenvalue weighted by Crippen LogP contribution is 2.35. The van der Waals surface area contributed by atoms with E-state index in [4.69, 9.17) is 15.2 Å². The van der Waals surface area contributed by atoms with Gasteiger partial charge in [0.2, 0.25) is 5.95 Å². The zero-order valence-electron chi connectivity index (χ0n) is 15.3. The monoisotopic (exact) mass is 355 g/mol. The van der Waals surface area contributed by atoms with E-state index >= 15 is 0 Å². The van der Waals surface area contributed by atoms with Crippen LogP contribution in [-0.2, 0) is 6.42 Å². The number of rotatable bonds is 3. The predicted molar refractivity (Wildman–Crippen MR) is 101 cm³/mol. The molecule has 2 aliphatic heterocycles. The van der Waals surface area contributed by atoms with Crippen LogP contribution in [0.15, 0.2) is 18.3 Å². The van der Waals surface area contributed by atoms with Crippen molar-refractivity contribution in [3.8, 4) is 11.5 Å². The zero-order valence-corrected chi connectivity index (χ0v) is 15.3. The first-order valence-corrected chi connectivity index (χ1v) is 9.08. The molecule has 1 fully saturated rings. The molecule has 3 N–H and O–H groups in total. The van der Waals surface area contributed by atoms with E-state index in [0.717, 1.165) is 43.2 Å². The predicted octanol–water partition coefficient (Wildman–Crippen LogP) is 1.47. The van der Waals surface area contributed by atoms with Gasteiger partial charge in [0.25, 0.3) is 0 Å². The Bertz CT molecular complexity index is 805. The number of benzene rings is 1. The number of aryl methyl sites for hydroxylation is 2. The van der Waals surface area contributed by atoms with Gasteiger partial charge >= 0.3 is 0 Å². The van der Waals surface area contributed by atoms with Crippen LogP contribution in [0.5, 0.6) is 11.5 Å². The van der Waals surface area contributed by atoms with E-state index < -0.39 is 0 Å². The minimum Gasteiger partial charge on any atom is -0.486 e. The van der Waals surface area contributed by atoms with Gasteiger partial charge in [-0.2, -0.15) is 4.98 Å². The van der Waals surface area contributed by atoms with E-state index in [2.05, 4.69) is 34.0 Å². The number of anilines is 2. The molecule has 7 heteroatoms. The first kappa shape index (κ1) is 16.9. The van der Waals surface area contributed by atoms with Crippen LogP contribution in [0.3, 0.4) is 0 Å². The van der Waals surface area contributed by atoms with Gasteiger partial charge in [-0.1, -0.05) is 0 Å². The van der Waals surface area contributed by atoms with Crippen LogP contribution in [-0.4, -0.2) is 48.9 Å². The molecule has 1 saturated heterocycles. The fourth-order valence-electron chi connectivity index (χ4n) is 3.29. The van der Waals surface area contributed by atoms with Gasteiger partial charge in [0, 0.05) is 44.4 Å². The molecule has 0 bridgehead atoms. The summed E-state index contributed by atoms with van der Waals surface area (Å²) in [6, 6.07) is 4.06. The topological polar surface area (TPSA) is 85.5 Å². The van der Waals surface area contributed by atoms with E-state index in [0.29, 0.717) is 24.8 Å². The highest BCUT2D eigenvalue weighted by Gasteiger charge is 2.24. The lowest BCUT2D eigenvalue weighted by Crippen LogP contribution is -2.44. The van der Waals surface area contributed by atoms with Crippen LogP contribution in [0, 0.1) is 13.8 Å². The van der Waals surface area contributed by atoms with Crippen LogP contribution in [0.4, 0.5) is 11.8 Å². The molecular formula is C19H25N5O2. The van der Waals surface area contributed by atoms with Crippen molar-refractivity contribution in [3.05, 3.63) is 35.0 Å². The Kier molecular flexibility index (Phi) is 4.55. The molecule has 4 rings (SSSR count). The minimum atomic E-state index is -0.0967. The number of nitrogens with one attached hydrogen (secondary N) is 1. The second-order valence-corrected chi connectivity index (χ2v) is 6.96. The second-order valence-electron chi connectivity index (χ2n) is 6.96. The maximum absolute atomic E-state index is 6.19. The van der Waals surface area contributed by atoms with Crippen LogP contribution >= 0.6 is 0 Å². The maximum Gasteiger partial charge on any atom is 0.227 e. The molecule has 1 atom stereocenters. The first-order chi connectivity index (χ1) is 12.6. The van der Waals surface area contributed by atoms with E-state index in [1.54, 1.807) is 0 Å². The van der Waals surface area contributed by atoms with Crippen LogP contribution in [0.2, 0.25) is 0 Å². The molecule has 7 nitrogen and oxygen atoms in total. The third-order valence-electron chi connectivity index (χ3n) is 5.01. The summed E-state index contributed by atoms with van der Waals surface area (Å²) >= 11 is 0. The number of hydrogen-bond donors (Lipinski definition) is 2. The standard InChI is InChI=1S/C19H25N5O2/c1-12-7-16-17(8-13(12)2)26-15(11-25-16)9-14-10-22-19(23-18(14)20)24-5-3-21-4-6-24/h7-8,10,15,21H,3-6,9,11H2,1-2H3,(H2,20,22,23). The number of nitrogen functional groups attached to an aromatic ring is 1. The zero-order chi connectivity index (χ0) is 18.1. The quantitative estimate of drug-likeness (QED) is 0.862. The fraction of sp³-hybridized carbons (Fsp3) is 0.474. The fourth-order valence-corrected chi connectivity index (χ4v) is 3.29. The number of aromatic nitrogens is 2. The summed E-state index contributed by atoms with van der Waals surface area (Å²) in [4.78, 5) is 11.2. The van der Waals surface area contributed by atoms with Gasteiger partial charge in [0.05, 0.1) is 0 Å². The Labute approximate surface area is 153 Å². The van der Waals surface area contributed by atoms with E-state index in [1.807, 2.05) is 18.3 Å². The Hall–Kier alpha value is -2.54. The Balaban J connectivity index is 1.46. The van der Waals surface area contributed by atoms with E-state index in [1.165, 1.54) is 11.1 Å². The van der Waals surface area contributed by atoms with Gasteiger partial charge in [-0.25, -0.2) is 4.98 Å². The number of nitrogens with two attached hydrogens (primary N) is 1. The molecule has 3 heterocycles. The Morgan fingerprint density at radius 1 is 1.19 bits per heavy atom. The number of hydrogen-bond acceptors (Lipinski definition) is 7. The Morgan fingerprint density at radius 3 is 2.65 bits per heavy atom. The SMILES string of the molecule is Cc1cc2c(cc1C)OC(Cc1cnc(N3CCNCC3)nc1N)CO2. The van der Waals surface area contributed by atoms with Crippen molar-refractivity contribution in [2.45, 2.75) is 26.4 Å². The molecule has 0 aliphatic carbocycles. The Morgan fingerprint density at radius 2 is 1.92 bits per heavy atom. The normalized spacial score (nSPS) is 19.5. The third-order valence-corrected chi connectivity index (χ3v) is 5.01. The van der Waals surface area contributed by atoms with Crippen molar-refractivity contribution in [1.29, 1.82) is 0 Å². The molecule has 0 amide bonds. The molecule has 26 heavy (non-hydrogen) atoms. The number of fused-ring (bicyclic) bond motifs is 1. The second kappa shape index (κ2) is 6.99. The molecule has 0 saturated carbocycles. The average molecular weight is 355 g/mol. The van der Waals surface area contributed by atoms with Gasteiger partial charge in [-0.15, -0.1) is 0 Å². The molecule has 2 aromatic rings. The lowest BCUT2D eigenvalue weighted by molar-refractivity contribution is 0.0911. The number of piperazine rings is 1. The van der Waals surface area contributed by atoms with E-state index in [-0.39, 0.29) is 6.10 Å². The molecule has 138 valence electrons. The number of nitrogens with zero attached hydrogens (tertiary/aromatic N) is 3. The van der Waals surface area contributed by atoms with Gasteiger partial charge in [-0.05, 0) is 37.1 Å². The lowest BCUT2D eigenvalue weighted by atomic mass is 10.1. The molecule has 1 unspecified atom stereocenters. The minimum absolute atomic E-state index is 0.0967. The van der Waals surface area contributed by atoms with Crippen molar-refractivity contribution in [1.82, 2.24) is 15.3 Å². The summed E-state index contributed by atoms with van der Waals surface area (Å²) in [5.74, 6) is 2.82. The molecule has 0 radical (unpaired) electrons. The van der Waals surface area contributed by atoms with Crippen molar-refractivity contribution in [3.63, 3.8) is 0 Å². The smallest absolute Gasteiger partial charge is 0.227 e. The molecule has 0 spiro atoms. The van der Waals surface area contributed by atoms with Crippen LogP contribution in [0.25, 0.3) is 0 Å². The van der Waals surface area contributed by atoms with Crippen molar-refractivity contribution in [2.75, 3.05) is 43.4 Å². The van der Waals surface area contributed by atoms with E-state index in [9.17, 15) is 0 Å². The van der Waals surface area contributed by atoms with Gasteiger partial charge in [0.15, 0.2) is 11.5 Å². The van der Waals surface area contributed by atoms with Gasteiger partial charge in [-0.3, -0.25) is 0 Å². The summed E-state index contributed by atoms with van der Waals surface area (Å²) in [6.07, 6.45) is 2.35. The summed E-state index contributed by atoms with van der Waals surface area (Å²) in [6.45, 7) is 8.32. The van der Waals surface area contributed by atoms with Gasteiger partial charge < -0.3 is 25.4 Å². The first-order valence-electron chi connectivity index (χ1n) is 9.08. The maximum atomic E-state index is 6.19. The van der Waals surface area contributed by atoms with Gasteiger partial charge in [0.1, 0.15) is 18.5 Å². The largest absolute Gasteiger partial charge is 0.486 e. The molecule has 1 aromatic carbocycles. The molecule has 1 aromatic heterocycles. The van der Waals surface area contributed by atoms with Crippen molar-refractivity contribution in [2.24, 2.45) is 0 Å². The highest BCUT2D eigenvalue weighted by molar-refractivity contribution is 5.48.